The van der Waals surface area contributed by atoms with E-state index < -0.39 is 0 Å². The largest absolute Gasteiger partial charge is 0.456 e. The summed E-state index contributed by atoms with van der Waals surface area (Å²) in [4.78, 5) is 7.80. The molecule has 0 fully saturated rings. The van der Waals surface area contributed by atoms with Gasteiger partial charge >= 0.3 is 0 Å². The molecule has 1 N–H and O–H groups in total. The van der Waals surface area contributed by atoms with Crippen LogP contribution in [0.25, 0.3) is 44.4 Å². The molecule has 0 aliphatic heterocycles. The number of aromatic amines is 1. The van der Waals surface area contributed by atoms with Crippen LogP contribution < -0.4 is 0 Å². The maximum atomic E-state index is 6.06. The molecule has 0 aliphatic carbocycles. The molecular weight excluding hydrogens is 302 g/mol. The van der Waals surface area contributed by atoms with Crippen molar-refractivity contribution in [2.45, 2.75) is 20.3 Å². The van der Waals surface area contributed by atoms with Crippen LogP contribution in [-0.2, 0) is 6.42 Å². The summed E-state index contributed by atoms with van der Waals surface area (Å²) >= 11 is 0. The average Bonchev–Trinajstić information content (AvgIpc) is 3.31. The van der Waals surface area contributed by atoms with E-state index in [1.807, 2.05) is 31.2 Å². The van der Waals surface area contributed by atoms with E-state index in [0.717, 1.165) is 50.5 Å². The maximum Gasteiger partial charge on any atom is 0.274 e. The highest BCUT2D eigenvalue weighted by Gasteiger charge is 2.16. The van der Waals surface area contributed by atoms with Gasteiger partial charge < -0.3 is 13.9 Å². The lowest BCUT2D eigenvalue weighted by atomic mass is 10.1. The van der Waals surface area contributed by atoms with Crippen molar-refractivity contribution in [1.82, 2.24) is 15.1 Å². The van der Waals surface area contributed by atoms with Gasteiger partial charge in [0.15, 0.2) is 5.82 Å². The fraction of sp³-hybridized carbons (Fsp3) is 0.158. The van der Waals surface area contributed by atoms with Gasteiger partial charge in [0.05, 0.1) is 0 Å². The van der Waals surface area contributed by atoms with Gasteiger partial charge in [-0.25, -0.2) is 0 Å². The van der Waals surface area contributed by atoms with Gasteiger partial charge in [0.25, 0.3) is 5.89 Å². The lowest BCUT2D eigenvalue weighted by Crippen LogP contribution is -1.82. The zero-order chi connectivity index (χ0) is 16.3. The number of rotatable bonds is 2. The molecular formula is C19H15N3O2. The number of aromatic nitrogens is 3. The SMILES string of the molecule is CCc1noc(-c2cc3c(C)c4oc5ccccc5c4cc3[nH]2)n1. The highest BCUT2D eigenvalue weighted by atomic mass is 16.5. The van der Waals surface area contributed by atoms with Gasteiger partial charge in [-0.05, 0) is 25.1 Å². The quantitative estimate of drug-likeness (QED) is 0.498. The highest BCUT2D eigenvalue weighted by Crippen LogP contribution is 2.36. The lowest BCUT2D eigenvalue weighted by Gasteiger charge is -1.97. The molecule has 0 saturated heterocycles. The van der Waals surface area contributed by atoms with E-state index in [9.17, 15) is 0 Å². The van der Waals surface area contributed by atoms with Crippen molar-refractivity contribution in [2.75, 3.05) is 0 Å². The monoisotopic (exact) mass is 317 g/mol. The molecule has 2 aromatic carbocycles. The molecule has 5 heteroatoms. The summed E-state index contributed by atoms with van der Waals surface area (Å²) in [7, 11) is 0. The Morgan fingerprint density at radius 2 is 1.96 bits per heavy atom. The summed E-state index contributed by atoms with van der Waals surface area (Å²) in [5.41, 5.74) is 4.81. The van der Waals surface area contributed by atoms with Crippen molar-refractivity contribution in [2.24, 2.45) is 0 Å². The molecule has 0 aliphatic rings. The van der Waals surface area contributed by atoms with E-state index in [0.29, 0.717) is 11.7 Å². The Kier molecular flexibility index (Phi) is 2.62. The molecule has 0 saturated carbocycles. The number of nitrogens with one attached hydrogen (secondary N) is 1. The third kappa shape index (κ3) is 1.75. The van der Waals surface area contributed by atoms with Crippen molar-refractivity contribution < 1.29 is 8.94 Å². The predicted octanol–water partition coefficient (Wildman–Crippen LogP) is 4.99. The molecule has 3 heterocycles. The van der Waals surface area contributed by atoms with Crippen molar-refractivity contribution in [1.29, 1.82) is 0 Å². The molecule has 0 atom stereocenters. The minimum Gasteiger partial charge on any atom is -0.456 e. The molecule has 0 spiro atoms. The number of benzene rings is 2. The van der Waals surface area contributed by atoms with Crippen LogP contribution in [0.15, 0.2) is 45.3 Å². The third-order valence-corrected chi connectivity index (χ3v) is 4.53. The van der Waals surface area contributed by atoms with Crippen molar-refractivity contribution in [3.63, 3.8) is 0 Å². The molecule has 5 nitrogen and oxygen atoms in total. The number of hydrogen-bond donors (Lipinski definition) is 1. The molecule has 3 aromatic heterocycles. The minimum absolute atomic E-state index is 0.518. The van der Waals surface area contributed by atoms with E-state index in [1.54, 1.807) is 0 Å². The second-order valence-electron chi connectivity index (χ2n) is 5.99. The Hall–Kier alpha value is -3.08. The van der Waals surface area contributed by atoms with E-state index in [1.165, 1.54) is 0 Å². The van der Waals surface area contributed by atoms with Gasteiger partial charge in [-0.1, -0.05) is 30.3 Å². The fourth-order valence-corrected chi connectivity index (χ4v) is 3.27. The molecule has 0 amide bonds. The number of furan rings is 1. The van der Waals surface area contributed by atoms with Crippen LogP contribution in [0.4, 0.5) is 0 Å². The highest BCUT2D eigenvalue weighted by molar-refractivity contribution is 6.11. The summed E-state index contributed by atoms with van der Waals surface area (Å²) < 4.78 is 11.4. The van der Waals surface area contributed by atoms with E-state index in [-0.39, 0.29) is 0 Å². The first-order valence-electron chi connectivity index (χ1n) is 8.01. The number of fused-ring (bicyclic) bond motifs is 4. The number of nitrogens with zero attached hydrogens (tertiary/aromatic N) is 2. The minimum atomic E-state index is 0.518. The first-order chi connectivity index (χ1) is 11.7. The van der Waals surface area contributed by atoms with Crippen LogP contribution in [0.3, 0.4) is 0 Å². The van der Waals surface area contributed by atoms with E-state index in [4.69, 9.17) is 8.94 Å². The Labute approximate surface area is 137 Å². The normalized spacial score (nSPS) is 11.9. The molecule has 5 rings (SSSR count). The smallest absolute Gasteiger partial charge is 0.274 e. The van der Waals surface area contributed by atoms with Crippen molar-refractivity contribution in [3.8, 4) is 11.6 Å². The Bertz CT molecular complexity index is 1210. The van der Waals surface area contributed by atoms with E-state index >= 15 is 0 Å². The van der Waals surface area contributed by atoms with Gasteiger partial charge in [-0.2, -0.15) is 4.98 Å². The summed E-state index contributed by atoms with van der Waals surface area (Å²) in [6.45, 7) is 4.08. The van der Waals surface area contributed by atoms with Gasteiger partial charge in [0.2, 0.25) is 0 Å². The predicted molar refractivity (Wildman–Crippen MR) is 93.0 cm³/mol. The Morgan fingerprint density at radius 1 is 1.08 bits per heavy atom. The van der Waals surface area contributed by atoms with Gasteiger partial charge in [0, 0.05) is 33.7 Å². The number of H-pyrrole nitrogens is 1. The molecule has 0 radical (unpaired) electrons. The molecule has 118 valence electrons. The first-order valence-corrected chi connectivity index (χ1v) is 8.01. The van der Waals surface area contributed by atoms with Crippen LogP contribution in [0.1, 0.15) is 18.3 Å². The van der Waals surface area contributed by atoms with Crippen molar-refractivity contribution >= 4 is 32.8 Å². The Morgan fingerprint density at radius 3 is 2.79 bits per heavy atom. The number of aryl methyl sites for hydroxylation is 2. The average molecular weight is 317 g/mol. The zero-order valence-corrected chi connectivity index (χ0v) is 13.4. The van der Waals surface area contributed by atoms with E-state index in [2.05, 4.69) is 34.2 Å². The Balaban J connectivity index is 1.80. The van der Waals surface area contributed by atoms with Gasteiger partial charge in [0.1, 0.15) is 16.9 Å². The standard InChI is InChI=1S/C19H15N3O2/c1-3-17-21-19(24-22-17)15-8-12-10(2)18-13(9-14(12)20-15)11-6-4-5-7-16(11)23-18/h4-9,20H,3H2,1-2H3. The number of para-hydroxylation sites is 1. The van der Waals surface area contributed by atoms with Crippen LogP contribution in [0.5, 0.6) is 0 Å². The number of hydrogen-bond acceptors (Lipinski definition) is 4. The van der Waals surface area contributed by atoms with Crippen LogP contribution >= 0.6 is 0 Å². The lowest BCUT2D eigenvalue weighted by molar-refractivity contribution is 0.422. The molecule has 0 unspecified atom stereocenters. The van der Waals surface area contributed by atoms with Gasteiger partial charge in [-0.15, -0.1) is 0 Å². The fourth-order valence-electron chi connectivity index (χ4n) is 3.27. The van der Waals surface area contributed by atoms with Crippen LogP contribution in [0.2, 0.25) is 0 Å². The zero-order valence-electron chi connectivity index (χ0n) is 13.4. The summed E-state index contributed by atoms with van der Waals surface area (Å²) in [6, 6.07) is 12.3. The summed E-state index contributed by atoms with van der Waals surface area (Å²) in [5.74, 6) is 1.23. The summed E-state index contributed by atoms with van der Waals surface area (Å²) in [6.07, 6.45) is 0.752. The third-order valence-electron chi connectivity index (χ3n) is 4.53. The van der Waals surface area contributed by atoms with Crippen LogP contribution in [0, 0.1) is 6.92 Å². The van der Waals surface area contributed by atoms with Gasteiger partial charge in [-0.3, -0.25) is 0 Å². The molecule has 5 aromatic rings. The second kappa shape index (κ2) is 4.71. The van der Waals surface area contributed by atoms with Crippen LogP contribution in [-0.4, -0.2) is 15.1 Å². The topological polar surface area (TPSA) is 67.8 Å². The second-order valence-corrected chi connectivity index (χ2v) is 5.99. The van der Waals surface area contributed by atoms with Crippen molar-refractivity contribution in [3.05, 3.63) is 47.8 Å². The summed E-state index contributed by atoms with van der Waals surface area (Å²) in [5, 5.41) is 7.31. The molecule has 24 heavy (non-hydrogen) atoms. The first kappa shape index (κ1) is 13.4. The molecule has 0 bridgehead atoms. The maximum absolute atomic E-state index is 6.06.